The molecule has 1 saturated heterocycles. The number of nitrogens with zero attached hydrogens (tertiary/aromatic N) is 1. The van der Waals surface area contributed by atoms with Gasteiger partial charge in [0.15, 0.2) is 0 Å². The minimum absolute atomic E-state index is 0.109. The van der Waals surface area contributed by atoms with E-state index < -0.39 is 0 Å². The highest BCUT2D eigenvalue weighted by atomic mass is 16.2. The van der Waals surface area contributed by atoms with Gasteiger partial charge in [-0.3, -0.25) is 9.59 Å². The summed E-state index contributed by atoms with van der Waals surface area (Å²) in [6, 6.07) is 7.15. The summed E-state index contributed by atoms with van der Waals surface area (Å²) in [6.45, 7) is 2.84. The molecule has 19 heavy (non-hydrogen) atoms. The molecular weight excluding hydrogens is 240 g/mol. The van der Waals surface area contributed by atoms with Crippen molar-refractivity contribution in [2.45, 2.75) is 32.2 Å². The highest BCUT2D eigenvalue weighted by molar-refractivity contribution is 6.22. The number of carbonyl (C=O) groups is 2. The summed E-state index contributed by atoms with van der Waals surface area (Å²) in [5, 5.41) is 3.22. The molecule has 1 atom stereocenters. The fourth-order valence-corrected chi connectivity index (χ4v) is 2.39. The van der Waals surface area contributed by atoms with Crippen molar-refractivity contribution in [1.82, 2.24) is 5.32 Å². The van der Waals surface area contributed by atoms with Crippen molar-refractivity contribution in [3.63, 3.8) is 0 Å². The highest BCUT2D eigenvalue weighted by Gasteiger charge is 2.39. The van der Waals surface area contributed by atoms with Crippen LogP contribution >= 0.6 is 0 Å². The summed E-state index contributed by atoms with van der Waals surface area (Å²) in [5.74, 6) is 0.480. The Labute approximate surface area is 112 Å². The summed E-state index contributed by atoms with van der Waals surface area (Å²) in [6.07, 6.45) is 2.76. The third kappa shape index (κ3) is 2.54. The van der Waals surface area contributed by atoms with E-state index in [-0.39, 0.29) is 24.3 Å². The van der Waals surface area contributed by atoms with Gasteiger partial charge in [0.05, 0.1) is 18.2 Å². The van der Waals surface area contributed by atoms with Crippen molar-refractivity contribution in [3.05, 3.63) is 29.8 Å². The van der Waals surface area contributed by atoms with E-state index in [4.69, 9.17) is 0 Å². The number of hydrogen-bond acceptors (Lipinski definition) is 3. The predicted octanol–water partition coefficient (Wildman–Crippen LogP) is 1.63. The molecule has 4 nitrogen and oxygen atoms in total. The Morgan fingerprint density at radius 2 is 1.89 bits per heavy atom. The monoisotopic (exact) mass is 258 g/mol. The lowest BCUT2D eigenvalue weighted by Crippen LogP contribution is -2.39. The Morgan fingerprint density at radius 3 is 2.53 bits per heavy atom. The van der Waals surface area contributed by atoms with E-state index in [0.29, 0.717) is 11.6 Å². The normalized spacial score (nSPS) is 23.2. The van der Waals surface area contributed by atoms with Crippen LogP contribution in [0.5, 0.6) is 0 Å². The summed E-state index contributed by atoms with van der Waals surface area (Å²) in [4.78, 5) is 25.6. The highest BCUT2D eigenvalue weighted by Crippen LogP contribution is 2.29. The first kappa shape index (κ1) is 12.4. The molecule has 0 unspecified atom stereocenters. The molecule has 100 valence electrons. The maximum Gasteiger partial charge on any atom is 0.251 e. The number of anilines is 1. The second kappa shape index (κ2) is 4.78. The smallest absolute Gasteiger partial charge is 0.251 e. The van der Waals surface area contributed by atoms with E-state index in [1.165, 1.54) is 17.7 Å². The minimum atomic E-state index is -0.339. The third-order valence-electron chi connectivity index (χ3n) is 3.79. The van der Waals surface area contributed by atoms with Crippen LogP contribution in [0.15, 0.2) is 24.3 Å². The Kier molecular flexibility index (Phi) is 3.11. The zero-order valence-electron chi connectivity index (χ0n) is 11.1. The van der Waals surface area contributed by atoms with E-state index in [1.807, 2.05) is 31.2 Å². The molecule has 1 saturated carbocycles. The number of amides is 2. The van der Waals surface area contributed by atoms with Gasteiger partial charge >= 0.3 is 0 Å². The number of aryl methyl sites for hydroxylation is 1. The SMILES string of the molecule is Cc1ccc(N2C(=O)C[C@H](NCC3CC3)C2=O)cc1. The first-order chi connectivity index (χ1) is 9.15. The van der Waals surface area contributed by atoms with Gasteiger partial charge in [-0.1, -0.05) is 17.7 Å². The van der Waals surface area contributed by atoms with Crippen LogP contribution in [0, 0.1) is 12.8 Å². The largest absolute Gasteiger partial charge is 0.305 e. The van der Waals surface area contributed by atoms with Gasteiger partial charge in [0, 0.05) is 0 Å². The van der Waals surface area contributed by atoms with Crippen molar-refractivity contribution in [2.24, 2.45) is 5.92 Å². The van der Waals surface area contributed by atoms with Gasteiger partial charge in [-0.05, 0) is 44.4 Å². The number of benzene rings is 1. The van der Waals surface area contributed by atoms with Crippen LogP contribution in [0.4, 0.5) is 5.69 Å². The zero-order chi connectivity index (χ0) is 13.4. The Balaban J connectivity index is 1.72. The minimum Gasteiger partial charge on any atom is -0.305 e. The van der Waals surface area contributed by atoms with Crippen LogP contribution in [0.1, 0.15) is 24.8 Å². The summed E-state index contributed by atoms with van der Waals surface area (Å²) in [5.41, 5.74) is 1.79. The quantitative estimate of drug-likeness (QED) is 0.835. The molecule has 2 amide bonds. The molecule has 0 aromatic heterocycles. The van der Waals surface area contributed by atoms with E-state index >= 15 is 0 Å². The summed E-state index contributed by atoms with van der Waals surface area (Å²) >= 11 is 0. The van der Waals surface area contributed by atoms with Crippen molar-refractivity contribution in [3.8, 4) is 0 Å². The molecule has 3 rings (SSSR count). The lowest BCUT2D eigenvalue weighted by Gasteiger charge is -2.15. The van der Waals surface area contributed by atoms with Crippen LogP contribution in [0.25, 0.3) is 0 Å². The average Bonchev–Trinajstić information content (AvgIpc) is 3.16. The van der Waals surface area contributed by atoms with Crippen molar-refractivity contribution in [2.75, 3.05) is 11.4 Å². The first-order valence-corrected chi connectivity index (χ1v) is 6.82. The molecule has 0 radical (unpaired) electrons. The van der Waals surface area contributed by atoms with E-state index in [9.17, 15) is 9.59 Å². The van der Waals surface area contributed by atoms with Crippen molar-refractivity contribution < 1.29 is 9.59 Å². The Hall–Kier alpha value is -1.68. The molecule has 1 aromatic carbocycles. The van der Waals surface area contributed by atoms with Crippen LogP contribution in [-0.2, 0) is 9.59 Å². The van der Waals surface area contributed by atoms with Gasteiger partial charge < -0.3 is 5.32 Å². The molecule has 1 aliphatic carbocycles. The molecule has 1 aliphatic heterocycles. The molecule has 1 N–H and O–H groups in total. The van der Waals surface area contributed by atoms with Gasteiger partial charge in [-0.15, -0.1) is 0 Å². The fourth-order valence-electron chi connectivity index (χ4n) is 2.39. The van der Waals surface area contributed by atoms with Crippen molar-refractivity contribution in [1.29, 1.82) is 0 Å². The maximum atomic E-state index is 12.3. The van der Waals surface area contributed by atoms with Gasteiger partial charge in [-0.2, -0.15) is 0 Å². The third-order valence-corrected chi connectivity index (χ3v) is 3.79. The topological polar surface area (TPSA) is 49.4 Å². The number of hydrogen-bond donors (Lipinski definition) is 1. The predicted molar refractivity (Wildman–Crippen MR) is 72.8 cm³/mol. The van der Waals surface area contributed by atoms with Gasteiger partial charge in [-0.25, -0.2) is 4.90 Å². The van der Waals surface area contributed by atoms with E-state index in [1.54, 1.807) is 0 Å². The standard InChI is InChI=1S/C15H18N2O2/c1-10-2-6-12(7-3-10)17-14(18)8-13(15(17)19)16-9-11-4-5-11/h2-3,6-7,11,13,16H,4-5,8-9H2,1H3/t13-/m0/s1. The number of rotatable bonds is 4. The number of carbonyl (C=O) groups excluding carboxylic acids is 2. The van der Waals surface area contributed by atoms with E-state index in [2.05, 4.69) is 5.32 Å². The second-order valence-electron chi connectivity index (χ2n) is 5.51. The molecular formula is C15H18N2O2. The van der Waals surface area contributed by atoms with Gasteiger partial charge in [0.1, 0.15) is 0 Å². The van der Waals surface area contributed by atoms with Crippen molar-refractivity contribution >= 4 is 17.5 Å². The summed E-state index contributed by atoms with van der Waals surface area (Å²) in [7, 11) is 0. The van der Waals surface area contributed by atoms with E-state index in [0.717, 1.165) is 12.1 Å². The molecule has 4 heteroatoms. The van der Waals surface area contributed by atoms with Gasteiger partial charge in [0.25, 0.3) is 5.91 Å². The molecule has 1 heterocycles. The Morgan fingerprint density at radius 1 is 1.21 bits per heavy atom. The molecule has 2 aliphatic rings. The average molecular weight is 258 g/mol. The maximum absolute atomic E-state index is 12.3. The fraction of sp³-hybridized carbons (Fsp3) is 0.467. The van der Waals surface area contributed by atoms with Crippen LogP contribution in [-0.4, -0.2) is 24.4 Å². The molecule has 0 spiro atoms. The second-order valence-corrected chi connectivity index (χ2v) is 5.51. The number of nitrogens with one attached hydrogen (secondary N) is 1. The lowest BCUT2D eigenvalue weighted by molar-refractivity contribution is -0.121. The lowest BCUT2D eigenvalue weighted by atomic mass is 10.2. The van der Waals surface area contributed by atoms with Gasteiger partial charge in [0.2, 0.25) is 5.91 Å². The molecule has 1 aromatic rings. The van der Waals surface area contributed by atoms with Crippen LogP contribution < -0.4 is 10.2 Å². The Bertz CT molecular complexity index is 505. The summed E-state index contributed by atoms with van der Waals surface area (Å²) < 4.78 is 0. The molecule has 2 fully saturated rings. The first-order valence-electron chi connectivity index (χ1n) is 6.82. The van der Waals surface area contributed by atoms with Crippen LogP contribution in [0.2, 0.25) is 0 Å². The molecule has 0 bridgehead atoms. The number of imide groups is 1. The van der Waals surface area contributed by atoms with Crippen LogP contribution in [0.3, 0.4) is 0 Å². The zero-order valence-corrected chi connectivity index (χ0v) is 11.1.